The van der Waals surface area contributed by atoms with E-state index in [2.05, 4.69) is 4.99 Å². The van der Waals surface area contributed by atoms with E-state index in [1.807, 2.05) is 0 Å². The van der Waals surface area contributed by atoms with E-state index in [4.69, 9.17) is 16.5 Å². The van der Waals surface area contributed by atoms with Crippen LogP contribution in [0.15, 0.2) is 28.1 Å². The predicted molar refractivity (Wildman–Crippen MR) is 113 cm³/mol. The molecule has 0 aromatic heterocycles. The summed E-state index contributed by atoms with van der Waals surface area (Å²) in [5.74, 6) is 0.519. The summed E-state index contributed by atoms with van der Waals surface area (Å²) in [6, 6.07) is 3.88. The number of nitrogens with zero attached hydrogens (tertiary/aromatic N) is 4. The van der Waals surface area contributed by atoms with Gasteiger partial charge in [-0.2, -0.15) is 4.99 Å². The van der Waals surface area contributed by atoms with Crippen LogP contribution in [0.3, 0.4) is 0 Å². The van der Waals surface area contributed by atoms with Crippen molar-refractivity contribution in [1.82, 2.24) is 14.4 Å². The normalized spacial score (nSPS) is 21.8. The molecule has 1 aromatic rings. The van der Waals surface area contributed by atoms with Gasteiger partial charge in [-0.15, -0.1) is 16.3 Å². The summed E-state index contributed by atoms with van der Waals surface area (Å²) in [4.78, 5) is 30.7. The third-order valence-corrected chi connectivity index (χ3v) is 6.84. The number of hydrazine groups is 1. The Kier molecular flexibility index (Phi) is 6.33. The Hall–Kier alpha value is -1.75. The Morgan fingerprint density at radius 1 is 1.28 bits per heavy atom. The van der Waals surface area contributed by atoms with Crippen LogP contribution in [0.1, 0.15) is 18.4 Å². The summed E-state index contributed by atoms with van der Waals surface area (Å²) in [6.45, 7) is 1.95. The van der Waals surface area contributed by atoms with Crippen LogP contribution in [0.25, 0.3) is 6.08 Å². The second kappa shape index (κ2) is 8.95. The maximum atomic E-state index is 13.8. The highest BCUT2D eigenvalue weighted by atomic mass is 35.5. The lowest BCUT2D eigenvalue weighted by molar-refractivity contribution is -0.113. The minimum atomic E-state index is -0.534. The van der Waals surface area contributed by atoms with Gasteiger partial charge in [0, 0.05) is 37.0 Å². The number of amides is 2. The highest BCUT2D eigenvalue weighted by molar-refractivity contribution is 8.18. The number of ether oxygens (including phenoxy) is 1. The first kappa shape index (κ1) is 20.5. The molecule has 0 bridgehead atoms. The monoisotopic (exact) mass is 456 g/mol. The maximum absolute atomic E-state index is 13.8. The van der Waals surface area contributed by atoms with Crippen molar-refractivity contribution in [3.05, 3.63) is 34.5 Å². The van der Waals surface area contributed by atoms with E-state index in [1.165, 1.54) is 28.4 Å². The zero-order valence-corrected chi connectivity index (χ0v) is 17.7. The molecule has 4 rings (SSSR count). The van der Waals surface area contributed by atoms with Crippen LogP contribution < -0.4 is 4.74 Å². The highest BCUT2D eigenvalue weighted by Gasteiger charge is 2.31. The first-order valence-corrected chi connectivity index (χ1v) is 11.4. The van der Waals surface area contributed by atoms with Crippen molar-refractivity contribution in [1.29, 1.82) is 0 Å². The third kappa shape index (κ3) is 4.71. The minimum absolute atomic E-state index is 0.0678. The van der Waals surface area contributed by atoms with E-state index in [0.29, 0.717) is 41.1 Å². The number of hydrogen-bond acceptors (Lipinski definition) is 7. The highest BCUT2D eigenvalue weighted by Crippen LogP contribution is 2.34. The molecule has 0 aliphatic carbocycles. The van der Waals surface area contributed by atoms with Gasteiger partial charge < -0.3 is 4.74 Å². The quantitative estimate of drug-likeness (QED) is 0.495. The molecule has 2 amide bonds. The van der Waals surface area contributed by atoms with Crippen LogP contribution >= 0.6 is 35.3 Å². The third-order valence-electron chi connectivity index (χ3n) is 4.52. The van der Waals surface area contributed by atoms with Crippen LogP contribution in [0.5, 0.6) is 5.75 Å². The lowest BCUT2D eigenvalue weighted by Crippen LogP contribution is -2.43. The Morgan fingerprint density at radius 3 is 2.86 bits per heavy atom. The fourth-order valence-electron chi connectivity index (χ4n) is 3.00. The van der Waals surface area contributed by atoms with Crippen molar-refractivity contribution in [3.63, 3.8) is 0 Å². The first-order chi connectivity index (χ1) is 14.0. The summed E-state index contributed by atoms with van der Waals surface area (Å²) in [6.07, 6.45) is 2.97. The molecule has 2 fully saturated rings. The second-order valence-corrected chi connectivity index (χ2v) is 9.03. The molecule has 3 aliphatic heterocycles. The summed E-state index contributed by atoms with van der Waals surface area (Å²) in [5, 5.41) is 2.27. The van der Waals surface area contributed by atoms with Gasteiger partial charge in [0.1, 0.15) is 11.6 Å². The molecule has 154 valence electrons. The van der Waals surface area contributed by atoms with Crippen molar-refractivity contribution in [2.45, 2.75) is 12.8 Å². The van der Waals surface area contributed by atoms with Gasteiger partial charge in [-0.1, -0.05) is 0 Å². The van der Waals surface area contributed by atoms with E-state index in [-0.39, 0.29) is 5.75 Å². The fourth-order valence-corrected chi connectivity index (χ4v) is 5.19. The summed E-state index contributed by atoms with van der Waals surface area (Å²) >= 11 is 9.03. The van der Waals surface area contributed by atoms with Crippen LogP contribution in [0.4, 0.5) is 9.18 Å². The van der Waals surface area contributed by atoms with E-state index in [1.54, 1.807) is 27.7 Å². The zero-order chi connectivity index (χ0) is 20.4. The standard InChI is InChI=1S/C18H18ClFN4O3S2/c19-24-6-2-1-5-23(24)17-21-16(25)15(29-17)9-12-3-4-13(20)10-14(12)27-18(26)22-7-8-28-11-22/h3-4,9-10H,1-2,5-8,11H2/b15-9-. The molecular weight excluding hydrogens is 439 g/mol. The maximum Gasteiger partial charge on any atom is 0.415 e. The number of benzene rings is 1. The smallest absolute Gasteiger partial charge is 0.409 e. The average Bonchev–Trinajstić information content (AvgIpc) is 3.35. The van der Waals surface area contributed by atoms with E-state index in [0.717, 1.165) is 24.7 Å². The SMILES string of the molecule is O=C1N=C(N2CCCCN2Cl)S/C1=C\c1ccc(F)cc1OC(=O)N1CCSC1. The summed E-state index contributed by atoms with van der Waals surface area (Å²) in [7, 11) is 0. The average molecular weight is 457 g/mol. The second-order valence-electron chi connectivity index (χ2n) is 6.55. The fraction of sp³-hybridized carbons (Fsp3) is 0.389. The Balaban J connectivity index is 1.53. The molecule has 11 heteroatoms. The molecule has 0 spiro atoms. The van der Waals surface area contributed by atoms with Gasteiger partial charge in [-0.05, 0) is 54.6 Å². The van der Waals surface area contributed by atoms with E-state index in [9.17, 15) is 14.0 Å². The predicted octanol–water partition coefficient (Wildman–Crippen LogP) is 3.77. The molecule has 0 radical (unpaired) electrons. The molecule has 0 atom stereocenters. The minimum Gasteiger partial charge on any atom is -0.409 e. The van der Waals surface area contributed by atoms with Crippen molar-refractivity contribution in [2.75, 3.05) is 31.3 Å². The van der Waals surface area contributed by atoms with Crippen LogP contribution in [0.2, 0.25) is 0 Å². The lowest BCUT2D eigenvalue weighted by Gasteiger charge is -2.33. The van der Waals surface area contributed by atoms with Gasteiger partial charge in [-0.3, -0.25) is 14.7 Å². The number of carbonyl (C=O) groups is 2. The van der Waals surface area contributed by atoms with Gasteiger partial charge in [0.15, 0.2) is 5.17 Å². The number of hydrogen-bond donors (Lipinski definition) is 0. The lowest BCUT2D eigenvalue weighted by atomic mass is 10.2. The Morgan fingerprint density at radius 2 is 2.10 bits per heavy atom. The largest absolute Gasteiger partial charge is 0.415 e. The van der Waals surface area contributed by atoms with Gasteiger partial charge in [-0.25, -0.2) is 9.18 Å². The molecule has 0 saturated carbocycles. The van der Waals surface area contributed by atoms with Crippen LogP contribution in [-0.4, -0.2) is 62.9 Å². The van der Waals surface area contributed by atoms with Crippen molar-refractivity contribution in [3.8, 4) is 5.75 Å². The van der Waals surface area contributed by atoms with Gasteiger partial charge in [0.25, 0.3) is 5.91 Å². The molecule has 0 unspecified atom stereocenters. The number of thioether (sulfide) groups is 2. The number of aliphatic imine (C=N–C) groups is 1. The van der Waals surface area contributed by atoms with Crippen molar-refractivity contribution >= 4 is 58.5 Å². The number of carbonyl (C=O) groups excluding carboxylic acids is 2. The molecule has 29 heavy (non-hydrogen) atoms. The summed E-state index contributed by atoms with van der Waals surface area (Å²) < 4.78 is 20.7. The Bertz CT molecular complexity index is 892. The van der Waals surface area contributed by atoms with E-state index >= 15 is 0 Å². The molecule has 2 saturated heterocycles. The van der Waals surface area contributed by atoms with Gasteiger partial charge >= 0.3 is 6.09 Å². The molecular formula is C18H18ClFN4O3S2. The number of amidine groups is 1. The topological polar surface area (TPSA) is 65.5 Å². The van der Waals surface area contributed by atoms with E-state index < -0.39 is 17.8 Å². The molecule has 1 aromatic carbocycles. The summed E-state index contributed by atoms with van der Waals surface area (Å²) in [5.41, 5.74) is 0.431. The van der Waals surface area contributed by atoms with Gasteiger partial charge in [0.05, 0.1) is 10.8 Å². The molecule has 0 N–H and O–H groups in total. The molecule has 7 nitrogen and oxygen atoms in total. The van der Waals surface area contributed by atoms with Crippen LogP contribution in [-0.2, 0) is 4.79 Å². The van der Waals surface area contributed by atoms with Crippen molar-refractivity contribution in [2.24, 2.45) is 4.99 Å². The molecule has 3 aliphatic rings. The number of rotatable bonds is 2. The first-order valence-electron chi connectivity index (χ1n) is 9.08. The molecule has 3 heterocycles. The van der Waals surface area contributed by atoms with Crippen molar-refractivity contribution < 1.29 is 18.7 Å². The zero-order valence-electron chi connectivity index (χ0n) is 15.3. The number of halogens is 2. The van der Waals surface area contributed by atoms with Gasteiger partial charge in [0.2, 0.25) is 0 Å². The Labute approximate surface area is 181 Å². The van der Waals surface area contributed by atoms with Crippen LogP contribution in [0, 0.1) is 5.82 Å².